The van der Waals surface area contributed by atoms with Gasteiger partial charge >= 0.3 is 0 Å². The van der Waals surface area contributed by atoms with E-state index < -0.39 is 0 Å². The minimum absolute atomic E-state index is 0.113. The van der Waals surface area contributed by atoms with E-state index in [1.807, 2.05) is 12.1 Å². The Morgan fingerprint density at radius 3 is 3.05 bits per heavy atom. The van der Waals surface area contributed by atoms with Crippen molar-refractivity contribution in [3.05, 3.63) is 29.3 Å². The standard InChI is InChI=1S/C15H16N2O3/c16-7-2-8-17-15(19)10-20-12-6-5-11-3-1-4-14(18)13(11)9-12/h5-6,9H,1-4,8,10H2,(H,17,19). The van der Waals surface area contributed by atoms with Gasteiger partial charge in [0.2, 0.25) is 0 Å². The van der Waals surface area contributed by atoms with Crippen LogP contribution in [0.25, 0.3) is 0 Å². The average molecular weight is 272 g/mol. The Bertz CT molecular complexity index is 561. The van der Waals surface area contributed by atoms with Crippen molar-refractivity contribution in [2.24, 2.45) is 0 Å². The van der Waals surface area contributed by atoms with Gasteiger partial charge < -0.3 is 10.1 Å². The van der Waals surface area contributed by atoms with Gasteiger partial charge in [-0.2, -0.15) is 5.26 Å². The summed E-state index contributed by atoms with van der Waals surface area (Å²) in [5.74, 6) is 0.383. The van der Waals surface area contributed by atoms with E-state index in [1.165, 1.54) is 0 Å². The van der Waals surface area contributed by atoms with Gasteiger partial charge in [-0.25, -0.2) is 0 Å². The molecule has 1 aliphatic carbocycles. The lowest BCUT2D eigenvalue weighted by molar-refractivity contribution is -0.123. The third kappa shape index (κ3) is 3.58. The van der Waals surface area contributed by atoms with Gasteiger partial charge in [0.25, 0.3) is 5.91 Å². The van der Waals surface area contributed by atoms with E-state index >= 15 is 0 Å². The molecule has 0 spiro atoms. The van der Waals surface area contributed by atoms with E-state index in [0.29, 0.717) is 24.3 Å². The number of nitrogens with one attached hydrogen (secondary N) is 1. The van der Waals surface area contributed by atoms with Crippen LogP contribution in [-0.4, -0.2) is 24.8 Å². The number of nitrogens with zero attached hydrogens (tertiary/aromatic N) is 1. The SMILES string of the molecule is N#CCCNC(=O)COc1ccc2c(c1)C(=O)CCC2. The Hall–Kier alpha value is -2.35. The summed E-state index contributed by atoms with van der Waals surface area (Å²) in [4.78, 5) is 23.2. The third-order valence-corrected chi connectivity index (χ3v) is 3.16. The molecule has 0 aromatic heterocycles. The summed E-state index contributed by atoms with van der Waals surface area (Å²) >= 11 is 0. The number of amides is 1. The van der Waals surface area contributed by atoms with Crippen LogP contribution in [-0.2, 0) is 11.2 Å². The lowest BCUT2D eigenvalue weighted by atomic mass is 9.90. The van der Waals surface area contributed by atoms with Crippen molar-refractivity contribution in [2.45, 2.75) is 25.7 Å². The number of hydrogen-bond donors (Lipinski definition) is 1. The van der Waals surface area contributed by atoms with E-state index in [2.05, 4.69) is 5.32 Å². The van der Waals surface area contributed by atoms with Gasteiger partial charge in [-0.1, -0.05) is 6.07 Å². The second-order valence-electron chi connectivity index (χ2n) is 4.64. The molecule has 0 fully saturated rings. The number of ether oxygens (including phenoxy) is 1. The number of nitriles is 1. The highest BCUT2D eigenvalue weighted by Gasteiger charge is 2.17. The quantitative estimate of drug-likeness (QED) is 0.826. The number of ketones is 1. The fourth-order valence-electron chi connectivity index (χ4n) is 2.15. The van der Waals surface area contributed by atoms with Crippen LogP contribution in [0.2, 0.25) is 0 Å². The van der Waals surface area contributed by atoms with Gasteiger partial charge in [0.05, 0.1) is 12.5 Å². The van der Waals surface area contributed by atoms with Crippen molar-refractivity contribution in [3.8, 4) is 11.8 Å². The van der Waals surface area contributed by atoms with E-state index in [9.17, 15) is 9.59 Å². The molecule has 1 aromatic carbocycles. The number of carbonyl (C=O) groups excluding carboxylic acids is 2. The summed E-state index contributed by atoms with van der Waals surface area (Å²) in [5, 5.41) is 10.9. The maximum Gasteiger partial charge on any atom is 0.257 e. The van der Waals surface area contributed by atoms with Gasteiger partial charge in [-0.3, -0.25) is 9.59 Å². The van der Waals surface area contributed by atoms with Crippen LogP contribution >= 0.6 is 0 Å². The minimum atomic E-state index is -0.274. The number of fused-ring (bicyclic) bond motifs is 1. The predicted octanol–water partition coefficient (Wildman–Crippen LogP) is 1.61. The molecule has 0 heterocycles. The fourth-order valence-corrected chi connectivity index (χ4v) is 2.15. The summed E-state index contributed by atoms with van der Waals surface area (Å²) in [7, 11) is 0. The zero-order chi connectivity index (χ0) is 14.4. The van der Waals surface area contributed by atoms with Crippen LogP contribution in [0.4, 0.5) is 0 Å². The number of carbonyl (C=O) groups is 2. The highest BCUT2D eigenvalue weighted by Crippen LogP contribution is 2.25. The Morgan fingerprint density at radius 1 is 1.40 bits per heavy atom. The predicted molar refractivity (Wildman–Crippen MR) is 72.4 cm³/mol. The molecule has 0 bridgehead atoms. The number of benzene rings is 1. The molecule has 0 aliphatic heterocycles. The van der Waals surface area contributed by atoms with Crippen molar-refractivity contribution in [1.29, 1.82) is 5.26 Å². The summed E-state index contributed by atoms with van der Waals surface area (Å²) < 4.78 is 5.37. The Kier molecular flexibility index (Phi) is 4.72. The first-order valence-corrected chi connectivity index (χ1v) is 6.63. The van der Waals surface area contributed by atoms with Gasteiger partial charge in [0, 0.05) is 18.5 Å². The first-order valence-electron chi connectivity index (χ1n) is 6.63. The fraction of sp³-hybridized carbons (Fsp3) is 0.400. The maximum absolute atomic E-state index is 11.8. The molecule has 1 aliphatic rings. The number of rotatable bonds is 5. The van der Waals surface area contributed by atoms with Crippen LogP contribution in [0.1, 0.15) is 35.2 Å². The Morgan fingerprint density at radius 2 is 2.25 bits per heavy atom. The molecule has 104 valence electrons. The zero-order valence-corrected chi connectivity index (χ0v) is 11.1. The van der Waals surface area contributed by atoms with E-state index in [1.54, 1.807) is 12.1 Å². The van der Waals surface area contributed by atoms with Crippen LogP contribution < -0.4 is 10.1 Å². The van der Waals surface area contributed by atoms with Crippen molar-refractivity contribution in [2.75, 3.05) is 13.2 Å². The van der Waals surface area contributed by atoms with Gasteiger partial charge in [0.15, 0.2) is 12.4 Å². The molecule has 0 unspecified atom stereocenters. The van der Waals surface area contributed by atoms with Crippen molar-refractivity contribution in [1.82, 2.24) is 5.32 Å². The van der Waals surface area contributed by atoms with Crippen LogP contribution in [0.15, 0.2) is 18.2 Å². The summed E-state index contributed by atoms with van der Waals surface area (Å²) in [6.07, 6.45) is 2.66. The second kappa shape index (κ2) is 6.71. The normalized spacial score (nSPS) is 13.2. The molecule has 1 amide bonds. The van der Waals surface area contributed by atoms with Crippen molar-refractivity contribution < 1.29 is 14.3 Å². The molecule has 1 N–H and O–H groups in total. The van der Waals surface area contributed by atoms with E-state index in [4.69, 9.17) is 10.00 Å². The van der Waals surface area contributed by atoms with Crippen LogP contribution in [0.3, 0.4) is 0 Å². The Balaban J connectivity index is 1.91. The monoisotopic (exact) mass is 272 g/mol. The minimum Gasteiger partial charge on any atom is -0.484 e. The number of aryl methyl sites for hydroxylation is 1. The molecule has 1 aromatic rings. The average Bonchev–Trinajstić information content (AvgIpc) is 2.46. The lowest BCUT2D eigenvalue weighted by Gasteiger charge is -2.15. The third-order valence-electron chi connectivity index (χ3n) is 3.16. The summed E-state index contributed by atoms with van der Waals surface area (Å²) in [5.41, 5.74) is 1.76. The first kappa shape index (κ1) is 14.1. The highest BCUT2D eigenvalue weighted by molar-refractivity contribution is 5.98. The smallest absolute Gasteiger partial charge is 0.257 e. The molecular formula is C15H16N2O3. The lowest BCUT2D eigenvalue weighted by Crippen LogP contribution is -2.29. The molecule has 20 heavy (non-hydrogen) atoms. The maximum atomic E-state index is 11.8. The van der Waals surface area contributed by atoms with Crippen LogP contribution in [0.5, 0.6) is 5.75 Å². The Labute approximate surface area is 117 Å². The number of Topliss-reactive ketones (excluding diaryl/α,β-unsaturated/α-hetero) is 1. The van der Waals surface area contributed by atoms with Crippen LogP contribution in [0, 0.1) is 11.3 Å². The number of hydrogen-bond acceptors (Lipinski definition) is 4. The molecule has 0 saturated carbocycles. The molecule has 2 rings (SSSR count). The molecule has 5 nitrogen and oxygen atoms in total. The van der Waals surface area contributed by atoms with Crippen molar-refractivity contribution >= 4 is 11.7 Å². The highest BCUT2D eigenvalue weighted by atomic mass is 16.5. The molecule has 0 saturated heterocycles. The van der Waals surface area contributed by atoms with E-state index in [-0.39, 0.29) is 24.7 Å². The largest absolute Gasteiger partial charge is 0.484 e. The van der Waals surface area contributed by atoms with Gasteiger partial charge in [-0.15, -0.1) is 0 Å². The van der Waals surface area contributed by atoms with Gasteiger partial charge in [-0.05, 0) is 30.5 Å². The molecule has 0 atom stereocenters. The topological polar surface area (TPSA) is 79.2 Å². The summed E-state index contributed by atoms with van der Waals surface area (Å²) in [6, 6.07) is 7.31. The molecule has 0 radical (unpaired) electrons. The molecular weight excluding hydrogens is 256 g/mol. The summed E-state index contributed by atoms with van der Waals surface area (Å²) in [6.45, 7) is 0.208. The van der Waals surface area contributed by atoms with Gasteiger partial charge in [0.1, 0.15) is 5.75 Å². The van der Waals surface area contributed by atoms with E-state index in [0.717, 1.165) is 18.4 Å². The molecule has 5 heteroatoms. The van der Waals surface area contributed by atoms with Crippen molar-refractivity contribution in [3.63, 3.8) is 0 Å². The second-order valence-corrected chi connectivity index (χ2v) is 4.64. The zero-order valence-electron chi connectivity index (χ0n) is 11.1. The first-order chi connectivity index (χ1) is 9.70.